The molecule has 52 heavy (non-hydrogen) atoms. The highest BCUT2D eigenvalue weighted by molar-refractivity contribution is 7.91. The summed E-state index contributed by atoms with van der Waals surface area (Å²) in [6.45, 7) is 3.71. The van der Waals surface area contributed by atoms with Gasteiger partial charge in [-0.3, -0.25) is 19.1 Å². The Hall–Kier alpha value is -4.52. The zero-order valence-electron chi connectivity index (χ0n) is 29.7. The lowest BCUT2D eigenvalue weighted by Gasteiger charge is -2.36. The van der Waals surface area contributed by atoms with E-state index < -0.39 is 49.8 Å². The fourth-order valence-corrected chi connectivity index (χ4v) is 9.58. The number of ether oxygens (including phenoxy) is 1. The Kier molecular flexibility index (Phi) is 8.54. The first-order valence-corrected chi connectivity index (χ1v) is 20.0. The number of para-hydroxylation sites is 1. The average Bonchev–Trinajstić information content (AvgIpc) is 4.02. The second-order valence-corrected chi connectivity index (χ2v) is 17.8. The van der Waals surface area contributed by atoms with Gasteiger partial charge in [-0.1, -0.05) is 49.3 Å². The van der Waals surface area contributed by atoms with Crippen molar-refractivity contribution in [3.05, 3.63) is 72.1 Å². The van der Waals surface area contributed by atoms with E-state index in [0.717, 1.165) is 47.8 Å². The minimum Gasteiger partial charge on any atom is -0.483 e. The van der Waals surface area contributed by atoms with Crippen molar-refractivity contribution in [1.82, 2.24) is 24.9 Å². The average molecular weight is 727 g/mol. The van der Waals surface area contributed by atoms with Gasteiger partial charge in [-0.25, -0.2) is 18.4 Å². The van der Waals surface area contributed by atoms with Crippen molar-refractivity contribution in [2.45, 2.75) is 112 Å². The Labute approximate surface area is 304 Å². The van der Waals surface area contributed by atoms with Gasteiger partial charge in [-0.2, -0.15) is 0 Å². The molecule has 3 aromatic rings. The first kappa shape index (κ1) is 34.6. The maximum Gasteiger partial charge on any atom is 0.259 e. The number of anilines is 1. The molecule has 5 atom stereocenters. The number of sulfonamides is 1. The van der Waals surface area contributed by atoms with Crippen LogP contribution in [0.1, 0.15) is 82.4 Å². The van der Waals surface area contributed by atoms with Gasteiger partial charge in [-0.05, 0) is 83.4 Å². The molecule has 274 valence electrons. The van der Waals surface area contributed by atoms with E-state index in [0.29, 0.717) is 43.7 Å². The third-order valence-corrected chi connectivity index (χ3v) is 14.0. The number of benzene rings is 1. The van der Waals surface area contributed by atoms with Gasteiger partial charge in [0.2, 0.25) is 21.8 Å². The first-order chi connectivity index (χ1) is 24.9. The van der Waals surface area contributed by atoms with E-state index >= 15 is 0 Å². The normalized spacial score (nSPS) is 29.8. The Morgan fingerprint density at radius 2 is 1.85 bits per heavy atom. The summed E-state index contributed by atoms with van der Waals surface area (Å²) in [5.74, 6) is -0.596. The van der Waals surface area contributed by atoms with Crippen molar-refractivity contribution in [2.24, 2.45) is 5.92 Å². The Morgan fingerprint density at radius 1 is 1.04 bits per heavy atom. The second kappa shape index (κ2) is 12.9. The largest absolute Gasteiger partial charge is 0.483 e. The number of carbonyl (C=O) groups excluding carboxylic acids is 3. The highest BCUT2D eigenvalue weighted by atomic mass is 32.2. The Morgan fingerprint density at radius 3 is 2.63 bits per heavy atom. The molecule has 5 heterocycles. The third-order valence-electron chi connectivity index (χ3n) is 11.9. The van der Waals surface area contributed by atoms with Crippen molar-refractivity contribution < 1.29 is 27.5 Å². The van der Waals surface area contributed by atoms with Gasteiger partial charge in [0, 0.05) is 29.5 Å². The number of hydrogen-bond donors (Lipinski definition) is 3. The lowest BCUT2D eigenvalue weighted by molar-refractivity contribution is -0.140. The van der Waals surface area contributed by atoms with Crippen LogP contribution in [0.3, 0.4) is 0 Å². The summed E-state index contributed by atoms with van der Waals surface area (Å²) in [6.07, 6.45) is 12.2. The predicted molar refractivity (Wildman–Crippen MR) is 196 cm³/mol. The molecular formula is C39H46N6O6S. The summed E-state index contributed by atoms with van der Waals surface area (Å²) in [5, 5.41) is 7.37. The summed E-state index contributed by atoms with van der Waals surface area (Å²) < 4.78 is 34.6. The van der Waals surface area contributed by atoms with Crippen LogP contribution in [0.25, 0.3) is 10.9 Å². The molecule has 2 aliphatic carbocycles. The van der Waals surface area contributed by atoms with E-state index in [1.54, 1.807) is 18.0 Å². The second-order valence-electron chi connectivity index (χ2n) is 15.6. The number of nitrogens with one attached hydrogen (secondary N) is 3. The van der Waals surface area contributed by atoms with Gasteiger partial charge in [0.25, 0.3) is 5.91 Å². The molecule has 2 saturated carbocycles. The lowest BCUT2D eigenvalue weighted by atomic mass is 9.87. The maximum atomic E-state index is 14.8. The molecule has 2 aromatic heterocycles. The monoisotopic (exact) mass is 726 g/mol. The van der Waals surface area contributed by atoms with Crippen molar-refractivity contribution in [3.63, 3.8) is 0 Å². The fourth-order valence-electron chi connectivity index (χ4n) is 8.27. The van der Waals surface area contributed by atoms with Crippen LogP contribution >= 0.6 is 0 Å². The van der Waals surface area contributed by atoms with E-state index in [9.17, 15) is 22.8 Å². The van der Waals surface area contributed by atoms with E-state index in [1.807, 2.05) is 61.5 Å². The molecule has 3 fully saturated rings. The van der Waals surface area contributed by atoms with Crippen LogP contribution in [0, 0.1) is 12.8 Å². The molecule has 5 unspecified atom stereocenters. The standard InChI is InChI=1S/C39H46N6O6S/c1-25-33-28(27-13-8-9-14-29(27)41-25)17-18-38(51-33)23-31-34(46)43-39(36(48)44-52(49,50)37(2)19-20-37)22-26(39)12-6-4-3-5-7-15-30(35(47)45(31)24-38)42-32-16-10-11-21-40-32/h6,8-14,16,21,26,30-31H,3-5,7,15,17-20,22-24H2,1-2H3,(H,40,42)(H,43,46)(H,44,48). The highest BCUT2D eigenvalue weighted by Gasteiger charge is 2.64. The van der Waals surface area contributed by atoms with Gasteiger partial charge in [-0.15, -0.1) is 0 Å². The zero-order chi connectivity index (χ0) is 36.3. The van der Waals surface area contributed by atoms with Gasteiger partial charge in [0.15, 0.2) is 0 Å². The predicted octanol–water partition coefficient (Wildman–Crippen LogP) is 4.48. The van der Waals surface area contributed by atoms with Crippen molar-refractivity contribution in [3.8, 4) is 5.75 Å². The number of fused-ring (bicyclic) bond motifs is 5. The molecule has 12 nitrogen and oxygen atoms in total. The summed E-state index contributed by atoms with van der Waals surface area (Å²) in [5.41, 5.74) is 0.392. The Balaban J connectivity index is 1.14. The minimum absolute atomic E-state index is 0.172. The highest BCUT2D eigenvalue weighted by Crippen LogP contribution is 2.49. The topological polar surface area (TPSA) is 160 Å². The number of hydrogen-bond acceptors (Lipinski definition) is 9. The maximum absolute atomic E-state index is 14.8. The number of aromatic nitrogens is 2. The number of allylic oxidation sites excluding steroid dienone is 1. The summed E-state index contributed by atoms with van der Waals surface area (Å²) in [7, 11) is -3.94. The lowest BCUT2D eigenvalue weighted by Crippen LogP contribution is -2.58. The van der Waals surface area contributed by atoms with Crippen LogP contribution in [-0.4, -0.2) is 75.5 Å². The van der Waals surface area contributed by atoms with Crippen LogP contribution in [0.4, 0.5) is 5.82 Å². The number of aryl methyl sites for hydroxylation is 2. The molecule has 3 N–H and O–H groups in total. The van der Waals surface area contributed by atoms with Crippen molar-refractivity contribution in [2.75, 3.05) is 11.9 Å². The minimum atomic E-state index is -3.94. The molecule has 13 heteroatoms. The molecule has 5 aliphatic rings. The smallest absolute Gasteiger partial charge is 0.259 e. The first-order valence-electron chi connectivity index (χ1n) is 18.5. The van der Waals surface area contributed by atoms with Crippen LogP contribution < -0.4 is 20.1 Å². The number of amides is 3. The van der Waals surface area contributed by atoms with Crippen LogP contribution in [0.5, 0.6) is 5.75 Å². The van der Waals surface area contributed by atoms with E-state index in [-0.39, 0.29) is 31.2 Å². The molecule has 0 radical (unpaired) electrons. The van der Waals surface area contributed by atoms with Crippen molar-refractivity contribution in [1.29, 1.82) is 0 Å². The SMILES string of the molecule is Cc1nc2ccccc2c2c1OC1(CC2)CC2C(=O)NC3(C(=O)NS(=O)(=O)C4(C)CC4)CC3C=CCCCCCC(Nc3ccccn3)C(=O)N2C1. The fraction of sp³-hybridized carbons (Fsp3) is 0.513. The van der Waals surface area contributed by atoms with Gasteiger partial charge >= 0.3 is 0 Å². The third kappa shape index (κ3) is 6.20. The van der Waals surface area contributed by atoms with Crippen LogP contribution in [0.15, 0.2) is 60.8 Å². The quantitative estimate of drug-likeness (QED) is 0.323. The van der Waals surface area contributed by atoms with E-state index in [1.165, 1.54) is 0 Å². The van der Waals surface area contributed by atoms with Gasteiger partial charge in [0.05, 0.1) is 22.5 Å². The molecular weight excluding hydrogens is 681 g/mol. The van der Waals surface area contributed by atoms with Crippen LogP contribution in [0.2, 0.25) is 0 Å². The number of rotatable bonds is 5. The van der Waals surface area contributed by atoms with E-state index in [4.69, 9.17) is 9.72 Å². The molecule has 1 spiro atoms. The molecule has 3 aliphatic heterocycles. The van der Waals surface area contributed by atoms with E-state index in [2.05, 4.69) is 20.3 Å². The van der Waals surface area contributed by atoms with Gasteiger partial charge < -0.3 is 20.3 Å². The summed E-state index contributed by atoms with van der Waals surface area (Å²) in [4.78, 5) is 54.1. The zero-order valence-corrected chi connectivity index (χ0v) is 30.5. The number of carbonyl (C=O) groups is 3. The molecule has 3 amide bonds. The summed E-state index contributed by atoms with van der Waals surface area (Å²) in [6, 6.07) is 11.8. The molecule has 1 saturated heterocycles. The van der Waals surface area contributed by atoms with Crippen LogP contribution in [-0.2, 0) is 30.8 Å². The molecule has 0 bridgehead atoms. The Bertz CT molecular complexity index is 2070. The van der Waals surface area contributed by atoms with Gasteiger partial charge in [0.1, 0.15) is 34.8 Å². The van der Waals surface area contributed by atoms with Crippen molar-refractivity contribution >= 4 is 44.5 Å². The molecule has 1 aromatic carbocycles. The number of pyridine rings is 2. The summed E-state index contributed by atoms with van der Waals surface area (Å²) >= 11 is 0. The molecule has 8 rings (SSSR count). The number of nitrogens with zero attached hydrogens (tertiary/aromatic N) is 3.